The van der Waals surface area contributed by atoms with Crippen molar-refractivity contribution in [2.75, 3.05) is 13.2 Å². The van der Waals surface area contributed by atoms with Crippen molar-refractivity contribution in [2.45, 2.75) is 19.6 Å². The van der Waals surface area contributed by atoms with Crippen molar-refractivity contribution in [2.24, 2.45) is 0 Å². The first-order chi connectivity index (χ1) is 5.33. The SMILES string of the molecule is CCOC1(OCC)C=CC=C1. The van der Waals surface area contributed by atoms with Crippen LogP contribution >= 0.6 is 0 Å². The zero-order valence-electron chi connectivity index (χ0n) is 7.04. The van der Waals surface area contributed by atoms with E-state index in [-0.39, 0.29) is 0 Å². The Bertz CT molecular complexity index is 150. The maximum atomic E-state index is 5.44. The Morgan fingerprint density at radius 2 is 1.45 bits per heavy atom. The molecule has 0 spiro atoms. The van der Waals surface area contributed by atoms with Crippen LogP contribution in [0.25, 0.3) is 0 Å². The minimum absolute atomic E-state index is 0.566. The van der Waals surface area contributed by atoms with E-state index in [4.69, 9.17) is 9.47 Å². The van der Waals surface area contributed by atoms with Gasteiger partial charge in [-0.05, 0) is 26.0 Å². The summed E-state index contributed by atoms with van der Waals surface area (Å²) in [7, 11) is 0. The van der Waals surface area contributed by atoms with Crippen LogP contribution in [-0.2, 0) is 9.47 Å². The average Bonchev–Trinajstić information content (AvgIpc) is 2.39. The number of hydrogen-bond acceptors (Lipinski definition) is 2. The molecule has 1 aliphatic rings. The molecular formula is C9H14O2. The molecule has 62 valence electrons. The molecule has 1 rings (SSSR count). The molecule has 0 amide bonds. The molecule has 0 aromatic rings. The molecule has 0 N–H and O–H groups in total. The normalized spacial score (nSPS) is 19.5. The number of allylic oxidation sites excluding steroid dienone is 2. The summed E-state index contributed by atoms with van der Waals surface area (Å²) in [6, 6.07) is 0. The third-order valence-electron chi connectivity index (χ3n) is 1.51. The number of hydrogen-bond donors (Lipinski definition) is 0. The smallest absolute Gasteiger partial charge is 0.208 e. The van der Waals surface area contributed by atoms with Crippen LogP contribution in [0.4, 0.5) is 0 Å². The van der Waals surface area contributed by atoms with Crippen molar-refractivity contribution >= 4 is 0 Å². The van der Waals surface area contributed by atoms with Crippen LogP contribution in [0.2, 0.25) is 0 Å². The lowest BCUT2D eigenvalue weighted by molar-refractivity contribution is -0.163. The Labute approximate surface area is 67.5 Å². The highest BCUT2D eigenvalue weighted by atomic mass is 16.7. The molecule has 0 fully saturated rings. The van der Waals surface area contributed by atoms with Crippen LogP contribution in [-0.4, -0.2) is 19.0 Å². The highest BCUT2D eigenvalue weighted by molar-refractivity contribution is 5.24. The number of ether oxygens (including phenoxy) is 2. The first-order valence-corrected chi connectivity index (χ1v) is 3.98. The zero-order chi connectivity index (χ0) is 8.16. The summed E-state index contributed by atoms with van der Waals surface area (Å²) in [5.41, 5.74) is 0. The molecule has 0 heterocycles. The Hall–Kier alpha value is -0.600. The summed E-state index contributed by atoms with van der Waals surface area (Å²) < 4.78 is 10.9. The molecule has 11 heavy (non-hydrogen) atoms. The second-order valence-corrected chi connectivity index (χ2v) is 2.31. The molecule has 2 heteroatoms. The predicted octanol–water partition coefficient (Wildman–Crippen LogP) is 1.88. The van der Waals surface area contributed by atoms with Gasteiger partial charge in [-0.1, -0.05) is 12.2 Å². The minimum atomic E-state index is -0.566. The summed E-state index contributed by atoms with van der Waals surface area (Å²) in [5.74, 6) is -0.566. The lowest BCUT2D eigenvalue weighted by atomic mass is 10.3. The molecule has 1 aliphatic carbocycles. The van der Waals surface area contributed by atoms with Gasteiger partial charge in [-0.15, -0.1) is 0 Å². The maximum Gasteiger partial charge on any atom is 0.208 e. The summed E-state index contributed by atoms with van der Waals surface area (Å²) in [5, 5.41) is 0. The minimum Gasteiger partial charge on any atom is -0.343 e. The Morgan fingerprint density at radius 1 is 1.00 bits per heavy atom. The van der Waals surface area contributed by atoms with E-state index < -0.39 is 5.79 Å². The third kappa shape index (κ3) is 1.91. The van der Waals surface area contributed by atoms with Gasteiger partial charge in [-0.2, -0.15) is 0 Å². The first-order valence-electron chi connectivity index (χ1n) is 3.98. The van der Waals surface area contributed by atoms with Gasteiger partial charge in [0.1, 0.15) is 0 Å². The maximum absolute atomic E-state index is 5.44. The van der Waals surface area contributed by atoms with Crippen LogP contribution in [0.1, 0.15) is 13.8 Å². The summed E-state index contributed by atoms with van der Waals surface area (Å²) >= 11 is 0. The van der Waals surface area contributed by atoms with E-state index in [1.165, 1.54) is 0 Å². The molecule has 0 saturated carbocycles. The Morgan fingerprint density at radius 3 is 1.82 bits per heavy atom. The molecule has 0 atom stereocenters. The fourth-order valence-electron chi connectivity index (χ4n) is 1.12. The van der Waals surface area contributed by atoms with Gasteiger partial charge >= 0.3 is 0 Å². The van der Waals surface area contributed by atoms with Crippen LogP contribution in [0.5, 0.6) is 0 Å². The van der Waals surface area contributed by atoms with E-state index in [0.29, 0.717) is 13.2 Å². The van der Waals surface area contributed by atoms with Crippen molar-refractivity contribution in [1.29, 1.82) is 0 Å². The molecule has 2 nitrogen and oxygen atoms in total. The highest BCUT2D eigenvalue weighted by Crippen LogP contribution is 2.21. The average molecular weight is 154 g/mol. The van der Waals surface area contributed by atoms with Gasteiger partial charge in [-0.25, -0.2) is 0 Å². The van der Waals surface area contributed by atoms with Crippen molar-refractivity contribution in [1.82, 2.24) is 0 Å². The third-order valence-corrected chi connectivity index (χ3v) is 1.51. The molecule has 0 aliphatic heterocycles. The van der Waals surface area contributed by atoms with Gasteiger partial charge in [0.25, 0.3) is 0 Å². The van der Waals surface area contributed by atoms with Gasteiger partial charge in [0, 0.05) is 13.2 Å². The standard InChI is InChI=1S/C9H14O2/c1-3-10-9(11-4-2)7-5-6-8-9/h5-8H,3-4H2,1-2H3. The topological polar surface area (TPSA) is 18.5 Å². The highest BCUT2D eigenvalue weighted by Gasteiger charge is 2.26. The van der Waals surface area contributed by atoms with Crippen molar-refractivity contribution in [3.05, 3.63) is 24.3 Å². The van der Waals surface area contributed by atoms with Crippen LogP contribution < -0.4 is 0 Å². The molecule has 0 unspecified atom stereocenters. The summed E-state index contributed by atoms with van der Waals surface area (Å²) in [6.07, 6.45) is 7.70. The largest absolute Gasteiger partial charge is 0.343 e. The lowest BCUT2D eigenvalue weighted by Gasteiger charge is -2.24. The fraction of sp³-hybridized carbons (Fsp3) is 0.556. The quantitative estimate of drug-likeness (QED) is 0.575. The predicted molar refractivity (Wildman–Crippen MR) is 44.3 cm³/mol. The van der Waals surface area contributed by atoms with E-state index in [1.54, 1.807) is 0 Å². The lowest BCUT2D eigenvalue weighted by Crippen LogP contribution is -2.30. The van der Waals surface area contributed by atoms with E-state index in [9.17, 15) is 0 Å². The van der Waals surface area contributed by atoms with Gasteiger partial charge < -0.3 is 9.47 Å². The molecule has 0 aromatic carbocycles. The second-order valence-electron chi connectivity index (χ2n) is 2.31. The van der Waals surface area contributed by atoms with Crippen molar-refractivity contribution < 1.29 is 9.47 Å². The molecule has 0 saturated heterocycles. The van der Waals surface area contributed by atoms with Crippen LogP contribution in [0.15, 0.2) is 24.3 Å². The van der Waals surface area contributed by atoms with E-state index in [2.05, 4.69) is 0 Å². The monoisotopic (exact) mass is 154 g/mol. The van der Waals surface area contributed by atoms with E-state index in [1.807, 2.05) is 38.2 Å². The Kier molecular flexibility index (Phi) is 2.85. The van der Waals surface area contributed by atoms with Gasteiger partial charge in [0.2, 0.25) is 5.79 Å². The number of rotatable bonds is 4. The summed E-state index contributed by atoms with van der Waals surface area (Å²) in [4.78, 5) is 0. The van der Waals surface area contributed by atoms with E-state index >= 15 is 0 Å². The van der Waals surface area contributed by atoms with Crippen LogP contribution in [0.3, 0.4) is 0 Å². The summed E-state index contributed by atoms with van der Waals surface area (Å²) in [6.45, 7) is 5.24. The van der Waals surface area contributed by atoms with Crippen LogP contribution in [0, 0.1) is 0 Å². The zero-order valence-corrected chi connectivity index (χ0v) is 7.04. The molecular weight excluding hydrogens is 140 g/mol. The van der Waals surface area contributed by atoms with Gasteiger partial charge in [-0.3, -0.25) is 0 Å². The van der Waals surface area contributed by atoms with Gasteiger partial charge in [0.15, 0.2) is 0 Å². The fourth-order valence-corrected chi connectivity index (χ4v) is 1.12. The molecule has 0 radical (unpaired) electrons. The molecule has 0 bridgehead atoms. The van der Waals surface area contributed by atoms with Crippen molar-refractivity contribution in [3.63, 3.8) is 0 Å². The second kappa shape index (κ2) is 3.69. The first kappa shape index (κ1) is 8.50. The van der Waals surface area contributed by atoms with Crippen molar-refractivity contribution in [3.8, 4) is 0 Å². The Balaban J connectivity index is 2.56. The van der Waals surface area contributed by atoms with Gasteiger partial charge in [0.05, 0.1) is 0 Å². The van der Waals surface area contributed by atoms with E-state index in [0.717, 1.165) is 0 Å². The molecule has 0 aromatic heterocycles.